The maximum atomic E-state index is 12.2. The monoisotopic (exact) mass is 447 g/mol. The molecule has 0 spiro atoms. The zero-order valence-corrected chi connectivity index (χ0v) is 17.3. The number of aliphatic carboxylic acids is 1. The van der Waals surface area contributed by atoms with Crippen LogP contribution < -0.4 is 0 Å². The van der Waals surface area contributed by atoms with Gasteiger partial charge in [0.25, 0.3) is 5.91 Å². The number of benzene rings is 2. The highest BCUT2D eigenvalue weighted by Crippen LogP contribution is 2.38. The van der Waals surface area contributed by atoms with Crippen LogP contribution in [0.4, 0.5) is 0 Å². The molecule has 2 heterocycles. The number of carbonyl (C=O) groups is 2. The SMILES string of the molecule is O=C(O)CC1SC(N2N=C(c3ccc(Cl)cc3)CC2c2ccc(Cl)cc2)=NC1=O. The summed E-state index contributed by atoms with van der Waals surface area (Å²) in [5.41, 5.74) is 2.73. The zero-order chi connectivity index (χ0) is 20.5. The molecule has 2 unspecified atom stereocenters. The molecule has 0 saturated carbocycles. The van der Waals surface area contributed by atoms with Gasteiger partial charge in [-0.15, -0.1) is 0 Å². The minimum absolute atomic E-state index is 0.180. The first-order chi connectivity index (χ1) is 13.9. The second-order valence-corrected chi connectivity index (χ2v) is 8.65. The number of carbonyl (C=O) groups excluding carboxylic acids is 1. The van der Waals surface area contributed by atoms with Crippen LogP contribution in [0.1, 0.15) is 30.0 Å². The van der Waals surface area contributed by atoms with E-state index in [1.165, 1.54) is 0 Å². The van der Waals surface area contributed by atoms with E-state index in [-0.39, 0.29) is 12.5 Å². The molecule has 9 heteroatoms. The molecule has 29 heavy (non-hydrogen) atoms. The lowest BCUT2D eigenvalue weighted by Gasteiger charge is -2.23. The standard InChI is InChI=1S/C20H15Cl2N3O3S/c21-13-5-1-11(2-6-13)15-9-16(12-3-7-14(22)8-4-12)25(24-15)20-23-19(28)17(29-20)10-18(26)27/h1-8,16-17H,9-10H2,(H,26,27). The lowest BCUT2D eigenvalue weighted by Crippen LogP contribution is -2.24. The largest absolute Gasteiger partial charge is 0.481 e. The molecule has 0 radical (unpaired) electrons. The molecule has 2 aromatic rings. The first-order valence-corrected chi connectivity index (χ1v) is 10.4. The Hall–Kier alpha value is -2.35. The third kappa shape index (κ3) is 4.32. The van der Waals surface area contributed by atoms with Gasteiger partial charge in [-0.05, 0) is 35.4 Å². The predicted molar refractivity (Wildman–Crippen MR) is 115 cm³/mol. The molecule has 2 aliphatic heterocycles. The van der Waals surface area contributed by atoms with E-state index in [1.54, 1.807) is 29.3 Å². The normalized spacial score (nSPS) is 21.3. The number of rotatable bonds is 4. The van der Waals surface area contributed by atoms with Crippen molar-refractivity contribution in [2.24, 2.45) is 10.1 Å². The molecule has 4 rings (SSSR count). The van der Waals surface area contributed by atoms with E-state index in [1.807, 2.05) is 24.3 Å². The number of aliphatic imine (C=N–C) groups is 1. The molecule has 1 N–H and O–H groups in total. The number of hydrazone groups is 1. The highest BCUT2D eigenvalue weighted by molar-refractivity contribution is 8.15. The molecule has 2 aliphatic rings. The van der Waals surface area contributed by atoms with Crippen molar-refractivity contribution >= 4 is 57.7 Å². The number of amides is 1. The average molecular weight is 448 g/mol. The van der Waals surface area contributed by atoms with Crippen molar-refractivity contribution in [2.75, 3.05) is 0 Å². The summed E-state index contributed by atoms with van der Waals surface area (Å²) in [6.07, 6.45) is 0.324. The fraction of sp³-hybridized carbons (Fsp3) is 0.200. The van der Waals surface area contributed by atoms with Crippen molar-refractivity contribution in [3.05, 3.63) is 69.7 Å². The summed E-state index contributed by atoms with van der Waals surface area (Å²) in [6.45, 7) is 0. The van der Waals surface area contributed by atoms with Crippen LogP contribution in [0.3, 0.4) is 0 Å². The highest BCUT2D eigenvalue weighted by atomic mass is 35.5. The van der Waals surface area contributed by atoms with E-state index >= 15 is 0 Å². The van der Waals surface area contributed by atoms with E-state index < -0.39 is 17.1 Å². The molecule has 0 bridgehead atoms. The van der Waals surface area contributed by atoms with Crippen LogP contribution in [0.2, 0.25) is 10.0 Å². The Morgan fingerprint density at radius 3 is 2.34 bits per heavy atom. The summed E-state index contributed by atoms with van der Waals surface area (Å²) in [6, 6.07) is 14.6. The Labute approximate surface area is 181 Å². The molecule has 148 valence electrons. The number of nitrogens with zero attached hydrogens (tertiary/aromatic N) is 3. The fourth-order valence-corrected chi connectivity index (χ4v) is 4.52. The number of carboxylic acids is 1. The second kappa shape index (κ2) is 8.18. The van der Waals surface area contributed by atoms with Gasteiger partial charge in [-0.25, -0.2) is 5.01 Å². The van der Waals surface area contributed by atoms with E-state index in [9.17, 15) is 9.59 Å². The molecule has 0 saturated heterocycles. The summed E-state index contributed by atoms with van der Waals surface area (Å²) >= 11 is 13.2. The zero-order valence-electron chi connectivity index (χ0n) is 15.0. The topological polar surface area (TPSA) is 82.3 Å². The lowest BCUT2D eigenvalue weighted by atomic mass is 9.99. The molecule has 1 amide bonds. The van der Waals surface area contributed by atoms with Gasteiger partial charge in [0.2, 0.25) is 0 Å². The smallest absolute Gasteiger partial charge is 0.305 e. The Morgan fingerprint density at radius 1 is 1.10 bits per heavy atom. The van der Waals surface area contributed by atoms with Crippen LogP contribution in [0.15, 0.2) is 58.6 Å². The summed E-state index contributed by atoms with van der Waals surface area (Å²) < 4.78 is 0. The van der Waals surface area contributed by atoms with Gasteiger partial charge in [0.05, 0.1) is 18.2 Å². The third-order valence-corrected chi connectivity index (χ3v) is 6.27. The van der Waals surface area contributed by atoms with Gasteiger partial charge in [-0.1, -0.05) is 59.2 Å². The van der Waals surface area contributed by atoms with Gasteiger partial charge >= 0.3 is 5.97 Å². The first kappa shape index (κ1) is 19.9. The van der Waals surface area contributed by atoms with E-state index in [0.29, 0.717) is 21.6 Å². The van der Waals surface area contributed by atoms with Crippen LogP contribution in [-0.2, 0) is 9.59 Å². The summed E-state index contributed by atoms with van der Waals surface area (Å²) in [4.78, 5) is 27.3. The Balaban J connectivity index is 1.67. The molecular formula is C20H15Cl2N3O3S. The van der Waals surface area contributed by atoms with Crippen molar-refractivity contribution < 1.29 is 14.7 Å². The van der Waals surface area contributed by atoms with Gasteiger partial charge in [0.15, 0.2) is 5.17 Å². The van der Waals surface area contributed by atoms with E-state index in [2.05, 4.69) is 4.99 Å². The molecule has 0 fully saturated rings. The van der Waals surface area contributed by atoms with Crippen molar-refractivity contribution in [3.8, 4) is 0 Å². The Bertz CT molecular complexity index is 1020. The van der Waals surface area contributed by atoms with Crippen LogP contribution in [-0.4, -0.2) is 38.1 Å². The van der Waals surface area contributed by atoms with Gasteiger partial charge in [-0.2, -0.15) is 10.1 Å². The molecule has 0 aromatic heterocycles. The van der Waals surface area contributed by atoms with Crippen LogP contribution in [0.5, 0.6) is 0 Å². The minimum Gasteiger partial charge on any atom is -0.481 e. The van der Waals surface area contributed by atoms with Crippen LogP contribution in [0.25, 0.3) is 0 Å². The van der Waals surface area contributed by atoms with Crippen LogP contribution in [0, 0.1) is 0 Å². The maximum absolute atomic E-state index is 12.2. The molecular weight excluding hydrogens is 433 g/mol. The quantitative estimate of drug-likeness (QED) is 0.739. The van der Waals surface area contributed by atoms with Crippen molar-refractivity contribution in [2.45, 2.75) is 24.1 Å². The number of thioether (sulfide) groups is 1. The number of halogens is 2. The maximum Gasteiger partial charge on any atom is 0.305 e. The highest BCUT2D eigenvalue weighted by Gasteiger charge is 2.39. The number of hydrogen-bond acceptors (Lipinski definition) is 5. The van der Waals surface area contributed by atoms with Crippen molar-refractivity contribution in [1.82, 2.24) is 5.01 Å². The molecule has 2 atom stereocenters. The summed E-state index contributed by atoms with van der Waals surface area (Å²) in [5, 5.41) is 16.4. The predicted octanol–water partition coefficient (Wildman–Crippen LogP) is 4.62. The molecule has 6 nitrogen and oxygen atoms in total. The van der Waals surface area contributed by atoms with Gasteiger partial charge < -0.3 is 5.11 Å². The minimum atomic E-state index is -1.03. The number of amidine groups is 1. The average Bonchev–Trinajstić information content (AvgIpc) is 3.27. The first-order valence-electron chi connectivity index (χ1n) is 8.80. The summed E-state index contributed by atoms with van der Waals surface area (Å²) in [5.74, 6) is -1.48. The van der Waals surface area contributed by atoms with E-state index in [4.69, 9.17) is 33.4 Å². The van der Waals surface area contributed by atoms with Crippen LogP contribution >= 0.6 is 35.0 Å². The van der Waals surface area contributed by atoms with Gasteiger partial charge in [0, 0.05) is 16.5 Å². The second-order valence-electron chi connectivity index (χ2n) is 6.61. The van der Waals surface area contributed by atoms with Crippen molar-refractivity contribution in [3.63, 3.8) is 0 Å². The molecule has 0 aliphatic carbocycles. The van der Waals surface area contributed by atoms with Gasteiger partial charge in [-0.3, -0.25) is 9.59 Å². The number of hydrogen-bond donors (Lipinski definition) is 1. The lowest BCUT2D eigenvalue weighted by molar-refractivity contribution is -0.138. The van der Waals surface area contributed by atoms with E-state index in [0.717, 1.165) is 28.6 Å². The fourth-order valence-electron chi connectivity index (χ4n) is 3.21. The summed E-state index contributed by atoms with van der Waals surface area (Å²) in [7, 11) is 0. The number of carboxylic acid groups (broad SMARTS) is 1. The molecule has 2 aromatic carbocycles. The van der Waals surface area contributed by atoms with Crippen molar-refractivity contribution in [1.29, 1.82) is 0 Å². The third-order valence-electron chi connectivity index (χ3n) is 4.63. The Kier molecular flexibility index (Phi) is 5.63. The van der Waals surface area contributed by atoms with Gasteiger partial charge in [0.1, 0.15) is 5.25 Å². The Morgan fingerprint density at radius 2 is 1.72 bits per heavy atom.